The molecule has 0 aliphatic carbocycles. The topological polar surface area (TPSA) is 135 Å². The predicted molar refractivity (Wildman–Crippen MR) is 103 cm³/mol. The molecule has 2 aromatic carbocycles. The van der Waals surface area contributed by atoms with Crippen molar-refractivity contribution in [3.05, 3.63) is 59.2 Å². The van der Waals surface area contributed by atoms with Crippen molar-refractivity contribution in [2.24, 2.45) is 0 Å². The summed E-state index contributed by atoms with van der Waals surface area (Å²) in [4.78, 5) is -0.660. The molecule has 8 nitrogen and oxygen atoms in total. The number of sulfonamides is 1. The van der Waals surface area contributed by atoms with Gasteiger partial charge in [0.05, 0.1) is 40.8 Å². The van der Waals surface area contributed by atoms with E-state index >= 15 is 0 Å². The van der Waals surface area contributed by atoms with Gasteiger partial charge in [-0.05, 0) is 42.5 Å². The van der Waals surface area contributed by atoms with Crippen molar-refractivity contribution in [2.45, 2.75) is 22.8 Å². The Bertz CT molecular complexity index is 1200. The van der Waals surface area contributed by atoms with Crippen LogP contribution < -0.4 is 4.74 Å². The van der Waals surface area contributed by atoms with Crippen LogP contribution in [0.3, 0.4) is 0 Å². The lowest BCUT2D eigenvalue weighted by molar-refractivity contribution is -0.137. The lowest BCUT2D eigenvalue weighted by Crippen LogP contribution is -2.48. The maximum absolute atomic E-state index is 13.1. The van der Waals surface area contributed by atoms with E-state index in [1.54, 1.807) is 0 Å². The van der Waals surface area contributed by atoms with E-state index < -0.39 is 63.6 Å². The lowest BCUT2D eigenvalue weighted by atomic mass is 10.0. The zero-order valence-corrected chi connectivity index (χ0v) is 17.1. The molecule has 2 atom stereocenters. The molecular formula is C20H16F3N3O5S. The Labute approximate surface area is 181 Å². The highest BCUT2D eigenvalue weighted by Gasteiger charge is 2.51. The first-order valence-corrected chi connectivity index (χ1v) is 10.5. The SMILES string of the molecule is N#Cc1ccc(O[C@H]2CN(S(=O)(=O)c3ccc(C(F)(F)F)cc3C#N)C[C@@]2(O)CO)cc1. The summed E-state index contributed by atoms with van der Waals surface area (Å²) in [5, 5.41) is 38.5. The van der Waals surface area contributed by atoms with Crippen LogP contribution >= 0.6 is 0 Å². The highest BCUT2D eigenvalue weighted by Crippen LogP contribution is 2.35. The third-order valence-corrected chi connectivity index (χ3v) is 6.87. The first-order chi connectivity index (χ1) is 14.9. The molecule has 32 heavy (non-hydrogen) atoms. The van der Waals surface area contributed by atoms with Gasteiger partial charge in [0.1, 0.15) is 23.5 Å². The second-order valence-electron chi connectivity index (χ2n) is 7.12. The van der Waals surface area contributed by atoms with Crippen molar-refractivity contribution in [1.82, 2.24) is 4.31 Å². The van der Waals surface area contributed by atoms with Gasteiger partial charge in [-0.2, -0.15) is 28.0 Å². The van der Waals surface area contributed by atoms with E-state index in [9.17, 15) is 37.1 Å². The van der Waals surface area contributed by atoms with Crippen molar-refractivity contribution in [2.75, 3.05) is 19.7 Å². The Morgan fingerprint density at radius 3 is 2.34 bits per heavy atom. The highest BCUT2D eigenvalue weighted by atomic mass is 32.2. The van der Waals surface area contributed by atoms with Crippen LogP contribution in [-0.2, 0) is 16.2 Å². The van der Waals surface area contributed by atoms with Crippen LogP contribution in [0.1, 0.15) is 16.7 Å². The van der Waals surface area contributed by atoms with Crippen LogP contribution in [0, 0.1) is 22.7 Å². The summed E-state index contributed by atoms with van der Waals surface area (Å²) in [6.07, 6.45) is -5.99. The highest BCUT2D eigenvalue weighted by molar-refractivity contribution is 7.89. The van der Waals surface area contributed by atoms with E-state index in [-0.39, 0.29) is 5.75 Å². The zero-order chi connectivity index (χ0) is 23.7. The average Bonchev–Trinajstić information content (AvgIpc) is 3.10. The number of hydrogen-bond donors (Lipinski definition) is 2. The van der Waals surface area contributed by atoms with E-state index in [0.29, 0.717) is 23.8 Å². The molecule has 1 heterocycles. The van der Waals surface area contributed by atoms with Crippen LogP contribution in [-0.4, -0.2) is 54.3 Å². The molecular weight excluding hydrogens is 451 g/mol. The molecule has 0 bridgehead atoms. The van der Waals surface area contributed by atoms with Gasteiger partial charge in [0.25, 0.3) is 0 Å². The molecule has 2 N–H and O–H groups in total. The maximum atomic E-state index is 13.1. The average molecular weight is 467 g/mol. The molecule has 1 aliphatic heterocycles. The van der Waals surface area contributed by atoms with Crippen molar-refractivity contribution in [3.63, 3.8) is 0 Å². The van der Waals surface area contributed by atoms with Crippen LogP contribution in [0.5, 0.6) is 5.75 Å². The molecule has 0 spiro atoms. The number of β-amino-alcohol motifs (C(OH)–C–C–N with tert-alkyl or cyclic N) is 1. The minimum Gasteiger partial charge on any atom is -0.486 e. The fourth-order valence-electron chi connectivity index (χ4n) is 3.24. The largest absolute Gasteiger partial charge is 0.486 e. The van der Waals surface area contributed by atoms with E-state index in [4.69, 9.17) is 10.00 Å². The van der Waals surface area contributed by atoms with Crippen molar-refractivity contribution < 1.29 is 36.5 Å². The molecule has 0 amide bonds. The fraction of sp³-hybridized carbons (Fsp3) is 0.300. The second kappa shape index (κ2) is 8.41. The van der Waals surface area contributed by atoms with Crippen LogP contribution in [0.25, 0.3) is 0 Å². The predicted octanol–water partition coefficient (Wildman–Crippen LogP) is 1.62. The van der Waals surface area contributed by atoms with Gasteiger partial charge in [0.15, 0.2) is 0 Å². The molecule has 0 aromatic heterocycles. The summed E-state index contributed by atoms with van der Waals surface area (Å²) in [6, 6.07) is 10.8. The van der Waals surface area contributed by atoms with E-state index in [1.165, 1.54) is 30.3 Å². The number of halogens is 3. The van der Waals surface area contributed by atoms with Gasteiger partial charge < -0.3 is 14.9 Å². The number of ether oxygens (including phenoxy) is 1. The van der Waals surface area contributed by atoms with Gasteiger partial charge in [-0.1, -0.05) is 0 Å². The van der Waals surface area contributed by atoms with Gasteiger partial charge in [0.2, 0.25) is 10.0 Å². The Hall–Kier alpha value is -3.16. The van der Waals surface area contributed by atoms with Crippen molar-refractivity contribution in [3.8, 4) is 17.9 Å². The minimum absolute atomic E-state index is 0.201. The van der Waals surface area contributed by atoms with Crippen molar-refractivity contribution in [1.29, 1.82) is 10.5 Å². The Morgan fingerprint density at radius 1 is 1.16 bits per heavy atom. The molecule has 3 rings (SSSR count). The Balaban J connectivity index is 1.92. The molecule has 0 saturated carbocycles. The first kappa shape index (κ1) is 23.5. The number of alkyl halides is 3. The zero-order valence-electron chi connectivity index (χ0n) is 16.2. The Morgan fingerprint density at radius 2 is 1.81 bits per heavy atom. The quantitative estimate of drug-likeness (QED) is 0.682. The number of rotatable bonds is 5. The molecule has 1 aliphatic rings. The first-order valence-electron chi connectivity index (χ1n) is 9.06. The number of hydrogen-bond acceptors (Lipinski definition) is 7. The molecule has 1 saturated heterocycles. The summed E-state index contributed by atoms with van der Waals surface area (Å²) >= 11 is 0. The summed E-state index contributed by atoms with van der Waals surface area (Å²) in [5.74, 6) is 0.201. The molecule has 1 fully saturated rings. The minimum atomic E-state index is -4.77. The molecule has 2 aromatic rings. The molecule has 0 radical (unpaired) electrons. The van der Waals surface area contributed by atoms with Gasteiger partial charge in [-0.15, -0.1) is 0 Å². The van der Waals surface area contributed by atoms with Gasteiger partial charge in [-0.25, -0.2) is 8.42 Å². The molecule has 12 heteroatoms. The van der Waals surface area contributed by atoms with Crippen LogP contribution in [0.2, 0.25) is 0 Å². The summed E-state index contributed by atoms with van der Waals surface area (Å²) in [6.45, 7) is -1.91. The fourth-order valence-corrected chi connectivity index (χ4v) is 4.86. The standard InChI is InChI=1S/C20H16F3N3O5S/c21-20(22,23)15-3-6-17(14(7-15)9-25)32(29,30)26-10-18(19(28,11-26)12-27)31-16-4-1-13(8-24)2-5-16/h1-7,18,27-28H,10-12H2/t18-,19+/m0/s1. The number of benzene rings is 2. The van der Waals surface area contributed by atoms with Crippen molar-refractivity contribution >= 4 is 10.0 Å². The summed E-state index contributed by atoms with van der Waals surface area (Å²) < 4.78 is 71.3. The third-order valence-electron chi connectivity index (χ3n) is 5.00. The molecule has 0 unspecified atom stereocenters. The van der Waals surface area contributed by atoms with E-state index in [0.717, 1.165) is 4.31 Å². The number of aliphatic hydroxyl groups excluding tert-OH is 1. The van der Waals surface area contributed by atoms with Crippen LogP contribution in [0.15, 0.2) is 47.4 Å². The van der Waals surface area contributed by atoms with E-state index in [2.05, 4.69) is 0 Å². The maximum Gasteiger partial charge on any atom is 0.416 e. The number of aliphatic hydroxyl groups is 2. The monoisotopic (exact) mass is 467 g/mol. The normalized spacial score (nSPS) is 21.7. The molecule has 168 valence electrons. The van der Waals surface area contributed by atoms with Crippen LogP contribution in [0.4, 0.5) is 13.2 Å². The van der Waals surface area contributed by atoms with Gasteiger partial charge in [0, 0.05) is 6.54 Å². The van der Waals surface area contributed by atoms with E-state index in [1.807, 2.05) is 6.07 Å². The Kier molecular flexibility index (Phi) is 6.18. The number of nitriles is 2. The van der Waals surface area contributed by atoms with Gasteiger partial charge >= 0.3 is 6.18 Å². The second-order valence-corrected chi connectivity index (χ2v) is 9.03. The smallest absolute Gasteiger partial charge is 0.416 e. The van der Waals surface area contributed by atoms with Gasteiger partial charge in [-0.3, -0.25) is 0 Å². The summed E-state index contributed by atoms with van der Waals surface area (Å²) in [7, 11) is -4.51. The third kappa shape index (κ3) is 4.40. The summed E-state index contributed by atoms with van der Waals surface area (Å²) in [5.41, 5.74) is -3.55. The number of nitrogens with zero attached hydrogens (tertiary/aromatic N) is 3. The lowest BCUT2D eigenvalue weighted by Gasteiger charge is -2.27.